The smallest absolute Gasteiger partial charge is 0.0753 e. The van der Waals surface area contributed by atoms with E-state index in [-0.39, 0.29) is 5.60 Å². The molecule has 2 aliphatic rings. The molecule has 0 radical (unpaired) electrons. The van der Waals surface area contributed by atoms with Gasteiger partial charge < -0.3 is 9.47 Å². The summed E-state index contributed by atoms with van der Waals surface area (Å²) in [6, 6.07) is 0. The van der Waals surface area contributed by atoms with E-state index in [0.29, 0.717) is 11.5 Å². The maximum Gasteiger partial charge on any atom is 0.0753 e. The maximum atomic E-state index is 5.80. The van der Waals surface area contributed by atoms with Crippen LogP contribution in [0.25, 0.3) is 0 Å². The highest BCUT2D eigenvalue weighted by atomic mass is 16.5. The lowest BCUT2D eigenvalue weighted by Gasteiger charge is -2.39. The highest BCUT2D eigenvalue weighted by Crippen LogP contribution is 2.47. The standard InChI is InChI=1S/C14H27NO2/c1-12(2)16-11-14(5-6-14)10-15-7-8-17-13(3,4)9-15/h12H,5-11H2,1-4H3. The highest BCUT2D eigenvalue weighted by molar-refractivity contribution is 4.97. The molecule has 17 heavy (non-hydrogen) atoms. The molecule has 1 heterocycles. The SMILES string of the molecule is CC(C)OCC1(CN2CCOC(C)(C)C2)CC1. The molecule has 2 fully saturated rings. The third-order valence-electron chi connectivity index (χ3n) is 3.74. The van der Waals surface area contributed by atoms with E-state index >= 15 is 0 Å². The van der Waals surface area contributed by atoms with Crippen molar-refractivity contribution < 1.29 is 9.47 Å². The molecule has 0 aromatic rings. The molecule has 0 aromatic carbocycles. The monoisotopic (exact) mass is 241 g/mol. The van der Waals surface area contributed by atoms with Crippen molar-refractivity contribution in [3.8, 4) is 0 Å². The van der Waals surface area contributed by atoms with E-state index in [1.807, 2.05) is 0 Å². The van der Waals surface area contributed by atoms with Gasteiger partial charge in [0.15, 0.2) is 0 Å². The van der Waals surface area contributed by atoms with Gasteiger partial charge in [-0.3, -0.25) is 4.90 Å². The van der Waals surface area contributed by atoms with E-state index in [1.165, 1.54) is 19.4 Å². The molecular weight excluding hydrogens is 214 g/mol. The normalized spacial score (nSPS) is 27.4. The summed E-state index contributed by atoms with van der Waals surface area (Å²) in [4.78, 5) is 2.56. The molecular formula is C14H27NO2. The first-order chi connectivity index (χ1) is 7.91. The Morgan fingerprint density at radius 2 is 2.00 bits per heavy atom. The Morgan fingerprint density at radius 1 is 1.29 bits per heavy atom. The van der Waals surface area contributed by atoms with Gasteiger partial charge in [-0.1, -0.05) is 0 Å². The molecule has 0 unspecified atom stereocenters. The summed E-state index contributed by atoms with van der Waals surface area (Å²) in [5.74, 6) is 0. The van der Waals surface area contributed by atoms with Crippen molar-refractivity contribution in [2.24, 2.45) is 5.41 Å². The van der Waals surface area contributed by atoms with Crippen LogP contribution in [0.3, 0.4) is 0 Å². The van der Waals surface area contributed by atoms with Crippen LogP contribution >= 0.6 is 0 Å². The molecule has 0 amide bonds. The Bertz CT molecular complexity index is 259. The average molecular weight is 241 g/mol. The molecule has 0 spiro atoms. The lowest BCUT2D eigenvalue weighted by molar-refractivity contribution is -0.0936. The van der Waals surface area contributed by atoms with Crippen LogP contribution in [0.1, 0.15) is 40.5 Å². The number of morpholine rings is 1. The fourth-order valence-corrected chi connectivity index (χ4v) is 2.59. The van der Waals surface area contributed by atoms with E-state index in [9.17, 15) is 0 Å². The van der Waals surface area contributed by atoms with Gasteiger partial charge in [-0.15, -0.1) is 0 Å². The zero-order valence-electron chi connectivity index (χ0n) is 11.8. The lowest BCUT2D eigenvalue weighted by atomic mass is 10.0. The molecule has 0 atom stereocenters. The summed E-state index contributed by atoms with van der Waals surface area (Å²) in [6.45, 7) is 13.7. The number of rotatable bonds is 5. The predicted octanol–water partition coefficient (Wildman–Crippen LogP) is 2.30. The fourth-order valence-electron chi connectivity index (χ4n) is 2.59. The summed E-state index contributed by atoms with van der Waals surface area (Å²) in [5.41, 5.74) is 0.477. The summed E-state index contributed by atoms with van der Waals surface area (Å²) < 4.78 is 11.6. The van der Waals surface area contributed by atoms with Crippen LogP contribution in [-0.4, -0.2) is 49.5 Å². The van der Waals surface area contributed by atoms with Crippen LogP contribution in [0, 0.1) is 5.41 Å². The van der Waals surface area contributed by atoms with Crippen LogP contribution in [0.5, 0.6) is 0 Å². The molecule has 0 bridgehead atoms. The van der Waals surface area contributed by atoms with E-state index < -0.39 is 0 Å². The third-order valence-corrected chi connectivity index (χ3v) is 3.74. The van der Waals surface area contributed by atoms with Gasteiger partial charge in [0.2, 0.25) is 0 Å². The van der Waals surface area contributed by atoms with Gasteiger partial charge in [-0.2, -0.15) is 0 Å². The summed E-state index contributed by atoms with van der Waals surface area (Å²) in [5, 5.41) is 0. The number of ether oxygens (including phenoxy) is 2. The third kappa shape index (κ3) is 3.94. The molecule has 1 saturated carbocycles. The summed E-state index contributed by atoms with van der Waals surface area (Å²) in [6.07, 6.45) is 3.02. The Morgan fingerprint density at radius 3 is 2.53 bits per heavy atom. The predicted molar refractivity (Wildman–Crippen MR) is 69.2 cm³/mol. The van der Waals surface area contributed by atoms with Gasteiger partial charge in [0, 0.05) is 25.0 Å². The van der Waals surface area contributed by atoms with Crippen molar-refractivity contribution in [3.05, 3.63) is 0 Å². The van der Waals surface area contributed by atoms with Gasteiger partial charge >= 0.3 is 0 Å². The van der Waals surface area contributed by atoms with Crippen LogP contribution in [0.2, 0.25) is 0 Å². The molecule has 1 aliphatic carbocycles. The highest BCUT2D eigenvalue weighted by Gasteiger charge is 2.45. The number of nitrogens with zero attached hydrogens (tertiary/aromatic N) is 1. The maximum absolute atomic E-state index is 5.80. The van der Waals surface area contributed by atoms with Crippen molar-refractivity contribution in [2.45, 2.75) is 52.2 Å². The van der Waals surface area contributed by atoms with E-state index in [4.69, 9.17) is 9.47 Å². The first kappa shape index (κ1) is 13.3. The Balaban J connectivity index is 1.80. The second-order valence-corrected chi connectivity index (χ2v) is 6.68. The lowest BCUT2D eigenvalue weighted by Crippen LogP contribution is -2.50. The van der Waals surface area contributed by atoms with Crippen LogP contribution in [-0.2, 0) is 9.47 Å². The minimum absolute atomic E-state index is 0.0211. The first-order valence-corrected chi connectivity index (χ1v) is 6.89. The van der Waals surface area contributed by atoms with E-state index in [0.717, 1.165) is 26.3 Å². The summed E-state index contributed by atoms with van der Waals surface area (Å²) >= 11 is 0. The van der Waals surface area contributed by atoms with Gasteiger partial charge in [-0.05, 0) is 40.5 Å². The number of hydrogen-bond acceptors (Lipinski definition) is 3. The zero-order chi connectivity index (χ0) is 12.5. The fraction of sp³-hybridized carbons (Fsp3) is 1.00. The molecule has 0 N–H and O–H groups in total. The van der Waals surface area contributed by atoms with Gasteiger partial charge in [0.1, 0.15) is 0 Å². The van der Waals surface area contributed by atoms with Crippen molar-refractivity contribution in [3.63, 3.8) is 0 Å². The Hall–Kier alpha value is -0.120. The van der Waals surface area contributed by atoms with Crippen molar-refractivity contribution in [1.82, 2.24) is 4.90 Å². The van der Waals surface area contributed by atoms with E-state index in [1.54, 1.807) is 0 Å². The zero-order valence-corrected chi connectivity index (χ0v) is 11.8. The molecule has 1 aliphatic heterocycles. The molecule has 3 heteroatoms. The second kappa shape index (κ2) is 4.87. The molecule has 1 saturated heterocycles. The largest absolute Gasteiger partial charge is 0.378 e. The Kier molecular flexibility index (Phi) is 3.81. The van der Waals surface area contributed by atoms with Gasteiger partial charge in [0.25, 0.3) is 0 Å². The quantitative estimate of drug-likeness (QED) is 0.737. The average Bonchev–Trinajstić information content (AvgIpc) is 2.94. The summed E-state index contributed by atoms with van der Waals surface area (Å²) in [7, 11) is 0. The van der Waals surface area contributed by atoms with Gasteiger partial charge in [-0.25, -0.2) is 0 Å². The van der Waals surface area contributed by atoms with Crippen LogP contribution in [0.4, 0.5) is 0 Å². The van der Waals surface area contributed by atoms with Crippen molar-refractivity contribution in [2.75, 3.05) is 32.8 Å². The minimum Gasteiger partial charge on any atom is -0.378 e. The van der Waals surface area contributed by atoms with Crippen LogP contribution < -0.4 is 0 Å². The molecule has 2 rings (SSSR count). The number of hydrogen-bond donors (Lipinski definition) is 0. The molecule has 100 valence electrons. The van der Waals surface area contributed by atoms with Crippen molar-refractivity contribution >= 4 is 0 Å². The van der Waals surface area contributed by atoms with Gasteiger partial charge in [0.05, 0.1) is 24.9 Å². The van der Waals surface area contributed by atoms with E-state index in [2.05, 4.69) is 32.6 Å². The second-order valence-electron chi connectivity index (χ2n) is 6.68. The minimum atomic E-state index is 0.0211. The molecule has 0 aromatic heterocycles. The first-order valence-electron chi connectivity index (χ1n) is 6.89. The van der Waals surface area contributed by atoms with Crippen LogP contribution in [0.15, 0.2) is 0 Å². The Labute approximate surface area is 105 Å². The topological polar surface area (TPSA) is 21.7 Å². The molecule has 3 nitrogen and oxygen atoms in total. The van der Waals surface area contributed by atoms with Crippen molar-refractivity contribution in [1.29, 1.82) is 0 Å².